The molecule has 3 aromatic carbocycles. The molecule has 4 unspecified atom stereocenters. The van der Waals surface area contributed by atoms with Crippen molar-refractivity contribution in [3.63, 3.8) is 0 Å². The van der Waals surface area contributed by atoms with E-state index in [1.54, 1.807) is 84.9 Å². The molecule has 3 aliphatic rings. The number of carbonyl (C=O) groups excluding carboxylic acids is 2. The fourth-order valence-electron chi connectivity index (χ4n) is 8.35. The second-order valence-electron chi connectivity index (χ2n) is 13.5. The zero-order valence-corrected chi connectivity index (χ0v) is 30.0. The molecular weight excluding hydrogens is 760 g/mol. The molecule has 2 N–H and O–H groups in total. The summed E-state index contributed by atoms with van der Waals surface area (Å²) in [6, 6.07) is 19.3. The highest BCUT2D eigenvalue weighted by Crippen LogP contribution is 2.63. The first-order valence-corrected chi connectivity index (χ1v) is 17.8. The molecule has 8 rings (SSSR count). The quantitative estimate of drug-likeness (QED) is 0.141. The third-order valence-corrected chi connectivity index (χ3v) is 11.2. The van der Waals surface area contributed by atoms with Crippen molar-refractivity contribution in [1.82, 2.24) is 23.9 Å². The molecule has 280 valence electrons. The van der Waals surface area contributed by atoms with Crippen LogP contribution in [0.2, 0.25) is 10.0 Å². The van der Waals surface area contributed by atoms with E-state index in [0.717, 1.165) is 4.57 Å². The summed E-state index contributed by atoms with van der Waals surface area (Å²) >= 11 is 12.6. The van der Waals surface area contributed by atoms with Crippen molar-refractivity contribution in [2.24, 2.45) is 5.92 Å². The van der Waals surface area contributed by atoms with Crippen LogP contribution < -0.4 is 16.8 Å². The number of amides is 2. The lowest BCUT2D eigenvalue weighted by Crippen LogP contribution is -2.53. The Hall–Kier alpha value is -5.86. The van der Waals surface area contributed by atoms with Gasteiger partial charge < -0.3 is 5.11 Å². The van der Waals surface area contributed by atoms with Crippen LogP contribution in [0.3, 0.4) is 0 Å². The lowest BCUT2D eigenvalue weighted by atomic mass is 9.53. The third-order valence-electron chi connectivity index (χ3n) is 10.7. The number of anilines is 1. The number of alkyl halides is 3. The van der Waals surface area contributed by atoms with Crippen molar-refractivity contribution in [2.45, 2.75) is 42.9 Å². The van der Waals surface area contributed by atoms with E-state index >= 15 is 4.79 Å². The minimum Gasteiger partial charge on any atom is -0.507 e. The maximum absolute atomic E-state index is 15.3. The second kappa shape index (κ2) is 13.2. The van der Waals surface area contributed by atoms with Crippen LogP contribution in [0, 0.1) is 5.92 Å². The molecule has 1 aliphatic carbocycles. The van der Waals surface area contributed by atoms with Gasteiger partial charge in [-0.25, -0.2) is 28.5 Å². The Morgan fingerprint density at radius 1 is 0.982 bits per heavy atom. The van der Waals surface area contributed by atoms with Crippen molar-refractivity contribution < 1.29 is 27.9 Å². The molecule has 55 heavy (non-hydrogen) atoms. The molecule has 2 fully saturated rings. The topological polar surface area (TPSA) is 131 Å². The fraction of sp³-hybridized carbons (Fsp3) is 0.205. The van der Waals surface area contributed by atoms with E-state index in [1.807, 2.05) is 0 Å². The number of aromatic nitrogens is 4. The summed E-state index contributed by atoms with van der Waals surface area (Å²) < 4.78 is 44.1. The Kier molecular flexibility index (Phi) is 8.65. The predicted octanol–water partition coefficient (Wildman–Crippen LogP) is 6.57. The summed E-state index contributed by atoms with van der Waals surface area (Å²) in [5.41, 5.74) is 0.202. The first-order chi connectivity index (χ1) is 26.3. The van der Waals surface area contributed by atoms with Crippen LogP contribution >= 0.6 is 23.2 Å². The van der Waals surface area contributed by atoms with E-state index < -0.39 is 69.1 Å². The van der Waals surface area contributed by atoms with Gasteiger partial charge in [0.15, 0.2) is 5.82 Å². The number of hydrazine groups is 1. The van der Waals surface area contributed by atoms with Crippen molar-refractivity contribution in [2.75, 3.05) is 5.43 Å². The number of phenols is 1. The average molecular weight is 790 g/mol. The van der Waals surface area contributed by atoms with E-state index in [1.165, 1.54) is 9.36 Å². The minimum absolute atomic E-state index is 0.0834. The van der Waals surface area contributed by atoms with E-state index in [0.29, 0.717) is 44.7 Å². The summed E-state index contributed by atoms with van der Waals surface area (Å²) in [4.78, 5) is 62.2. The number of pyridine rings is 1. The molecule has 2 aromatic heterocycles. The Bertz CT molecular complexity index is 2570. The highest BCUT2D eigenvalue weighted by molar-refractivity contribution is 6.33. The van der Waals surface area contributed by atoms with Crippen LogP contribution in [-0.4, -0.2) is 40.8 Å². The van der Waals surface area contributed by atoms with Crippen LogP contribution in [0.4, 0.5) is 19.0 Å². The number of imide groups is 1. The summed E-state index contributed by atoms with van der Waals surface area (Å²) in [5, 5.41) is 12.5. The number of para-hydroxylation sites is 2. The second-order valence-corrected chi connectivity index (χ2v) is 14.3. The maximum atomic E-state index is 15.3. The molecule has 4 heterocycles. The molecule has 0 radical (unpaired) electrons. The number of benzene rings is 3. The summed E-state index contributed by atoms with van der Waals surface area (Å²) in [6.45, 7) is 3.71. The molecule has 11 nitrogen and oxygen atoms in total. The van der Waals surface area contributed by atoms with E-state index in [2.05, 4.69) is 17.0 Å². The zero-order valence-electron chi connectivity index (χ0n) is 28.5. The van der Waals surface area contributed by atoms with Gasteiger partial charge in [0.2, 0.25) is 0 Å². The van der Waals surface area contributed by atoms with Gasteiger partial charge in [0.05, 0.1) is 40.2 Å². The largest absolute Gasteiger partial charge is 0.507 e. The normalized spacial score (nSPS) is 21.8. The molecule has 16 heteroatoms. The van der Waals surface area contributed by atoms with E-state index in [-0.39, 0.29) is 30.7 Å². The number of hydrogen-bond acceptors (Lipinski definition) is 7. The SMILES string of the molecule is C=CCc1cccc(C2C3=CCn4c(=O)n(-c5ccccc5)c(=O)n4C3CC3C(=O)N(Nc4ncc(C(F)(F)F)cc4Cl)C(=O)C32c2ccc(Cl)cc2)c1O. The lowest BCUT2D eigenvalue weighted by molar-refractivity contribution is -0.139. The number of aromatic hydroxyl groups is 1. The van der Waals surface area contributed by atoms with Crippen LogP contribution in [-0.2, 0) is 34.1 Å². The van der Waals surface area contributed by atoms with Gasteiger partial charge in [-0.3, -0.25) is 15.0 Å². The van der Waals surface area contributed by atoms with Gasteiger partial charge in [-0.2, -0.15) is 18.2 Å². The van der Waals surface area contributed by atoms with Gasteiger partial charge in [0.1, 0.15) is 5.75 Å². The number of halogens is 5. The van der Waals surface area contributed by atoms with Gasteiger partial charge in [-0.15, -0.1) is 6.58 Å². The van der Waals surface area contributed by atoms with Crippen molar-refractivity contribution >= 4 is 40.8 Å². The fourth-order valence-corrected chi connectivity index (χ4v) is 8.69. The van der Waals surface area contributed by atoms with E-state index in [9.17, 15) is 32.7 Å². The van der Waals surface area contributed by atoms with Gasteiger partial charge in [-0.1, -0.05) is 83.9 Å². The van der Waals surface area contributed by atoms with Gasteiger partial charge in [0.25, 0.3) is 11.8 Å². The summed E-state index contributed by atoms with van der Waals surface area (Å²) in [6.07, 6.45) is -0.824. The molecular formula is C39H29Cl2F3N6O5. The summed E-state index contributed by atoms with van der Waals surface area (Å²) in [7, 11) is 0. The molecule has 0 bridgehead atoms. The highest BCUT2D eigenvalue weighted by atomic mass is 35.5. The zero-order chi connectivity index (χ0) is 39.0. The van der Waals surface area contributed by atoms with Gasteiger partial charge >= 0.3 is 17.6 Å². The minimum atomic E-state index is -4.76. The average Bonchev–Trinajstić information content (AvgIpc) is 3.54. The summed E-state index contributed by atoms with van der Waals surface area (Å²) in [5.74, 6) is -4.62. The van der Waals surface area contributed by atoms with E-state index in [4.69, 9.17) is 23.2 Å². The lowest BCUT2D eigenvalue weighted by Gasteiger charge is -2.49. The number of nitrogens with one attached hydrogen (secondary N) is 1. The number of phenolic OH excluding ortho intramolecular Hbond substituents is 1. The monoisotopic (exact) mass is 788 g/mol. The number of allylic oxidation sites excluding steroid dienone is 3. The Balaban J connectivity index is 1.38. The Morgan fingerprint density at radius 3 is 2.38 bits per heavy atom. The third kappa shape index (κ3) is 5.45. The number of carbonyl (C=O) groups is 2. The molecule has 2 aliphatic heterocycles. The Labute approximate surface area is 320 Å². The molecule has 4 atom stereocenters. The molecule has 0 spiro atoms. The number of rotatable bonds is 7. The van der Waals surface area contributed by atoms with Crippen LogP contribution in [0.15, 0.2) is 119 Å². The van der Waals surface area contributed by atoms with Gasteiger partial charge in [0, 0.05) is 22.7 Å². The maximum Gasteiger partial charge on any atom is 0.417 e. The number of nitrogens with zero attached hydrogens (tertiary/aromatic N) is 5. The van der Waals surface area contributed by atoms with Crippen molar-refractivity contribution in [3.05, 3.63) is 163 Å². The predicted molar refractivity (Wildman–Crippen MR) is 197 cm³/mol. The van der Waals surface area contributed by atoms with Crippen LogP contribution in [0.5, 0.6) is 5.75 Å². The molecule has 5 aromatic rings. The van der Waals surface area contributed by atoms with Crippen LogP contribution in [0.25, 0.3) is 5.69 Å². The standard InChI is InChI=1S/C39H29Cl2F3N6O5/c1-2-7-21-8-6-11-27(32(21)51)31-26-16-17-47-36(54)48(25-9-4-3-5-10-25)37(55)50(47)30(26)19-28-34(52)49(35(53)38(28,31)22-12-14-24(40)15-13-22)46-33-29(41)18-23(20-45-33)39(42,43)44/h2-6,8-16,18,20,28,30-31,51H,1,7,17,19H2,(H,45,46). The smallest absolute Gasteiger partial charge is 0.417 e. The number of fused-ring (bicyclic) bond motifs is 4. The van der Waals surface area contributed by atoms with Crippen LogP contribution in [0.1, 0.15) is 40.6 Å². The Morgan fingerprint density at radius 2 is 1.71 bits per heavy atom. The van der Waals surface area contributed by atoms with Crippen molar-refractivity contribution in [3.8, 4) is 11.4 Å². The number of hydrogen-bond donors (Lipinski definition) is 2. The van der Waals surface area contributed by atoms with Crippen molar-refractivity contribution in [1.29, 1.82) is 0 Å². The highest BCUT2D eigenvalue weighted by Gasteiger charge is 2.69. The van der Waals surface area contributed by atoms with Gasteiger partial charge in [-0.05, 0) is 59.9 Å². The first kappa shape index (κ1) is 36.1. The molecule has 1 saturated heterocycles. The molecule has 2 amide bonds. The first-order valence-electron chi connectivity index (χ1n) is 17.0. The molecule has 1 saturated carbocycles.